The van der Waals surface area contributed by atoms with E-state index in [2.05, 4.69) is 37.2 Å². The van der Waals surface area contributed by atoms with Gasteiger partial charge in [0, 0.05) is 21.1 Å². The molecule has 0 aliphatic heterocycles. The van der Waals surface area contributed by atoms with Crippen molar-refractivity contribution >= 4 is 48.9 Å². The number of nitrogens with one attached hydrogen (secondary N) is 1. The van der Waals surface area contributed by atoms with E-state index in [1.165, 1.54) is 0 Å². The number of para-hydroxylation sites is 1. The van der Waals surface area contributed by atoms with Crippen molar-refractivity contribution in [3.63, 3.8) is 0 Å². The predicted molar refractivity (Wildman–Crippen MR) is 89.1 cm³/mol. The van der Waals surface area contributed by atoms with Gasteiger partial charge >= 0.3 is 0 Å². The molecular weight excluding hydrogens is 388 g/mol. The second-order valence-electron chi connectivity index (χ2n) is 4.02. The van der Waals surface area contributed by atoms with Gasteiger partial charge < -0.3 is 20.5 Å². The third kappa shape index (κ3) is 3.02. The first-order valence-electron chi connectivity index (χ1n) is 5.79. The van der Waals surface area contributed by atoms with Gasteiger partial charge in [-0.15, -0.1) is 0 Å². The monoisotopic (exact) mass is 400 g/mol. The lowest BCUT2D eigenvalue weighted by Gasteiger charge is -2.15. The SMILES string of the molecule is COc1cc(N)c(Nc2c(Br)cccc2Br)cc1OC. The summed E-state index contributed by atoms with van der Waals surface area (Å²) >= 11 is 7.01. The van der Waals surface area contributed by atoms with Crippen molar-refractivity contribution in [2.24, 2.45) is 0 Å². The molecule has 0 heterocycles. The number of ether oxygens (including phenoxy) is 2. The van der Waals surface area contributed by atoms with Crippen molar-refractivity contribution in [1.29, 1.82) is 0 Å². The second-order valence-corrected chi connectivity index (χ2v) is 5.72. The predicted octanol–water partition coefficient (Wildman–Crippen LogP) is 4.55. The van der Waals surface area contributed by atoms with E-state index < -0.39 is 0 Å². The van der Waals surface area contributed by atoms with Crippen LogP contribution in [0, 0.1) is 0 Å². The number of benzene rings is 2. The van der Waals surface area contributed by atoms with Crippen molar-refractivity contribution in [3.05, 3.63) is 39.3 Å². The molecule has 0 saturated heterocycles. The molecule has 2 aromatic carbocycles. The van der Waals surface area contributed by atoms with Crippen molar-refractivity contribution in [3.8, 4) is 11.5 Å². The largest absolute Gasteiger partial charge is 0.493 e. The zero-order valence-corrected chi connectivity index (χ0v) is 14.2. The highest BCUT2D eigenvalue weighted by atomic mass is 79.9. The van der Waals surface area contributed by atoms with E-state index in [4.69, 9.17) is 15.2 Å². The summed E-state index contributed by atoms with van der Waals surface area (Å²) in [4.78, 5) is 0. The second kappa shape index (κ2) is 6.37. The fraction of sp³-hybridized carbons (Fsp3) is 0.143. The van der Waals surface area contributed by atoms with Crippen LogP contribution in [0.25, 0.3) is 0 Å². The third-order valence-corrected chi connectivity index (χ3v) is 4.10. The van der Waals surface area contributed by atoms with E-state index in [1.807, 2.05) is 18.2 Å². The van der Waals surface area contributed by atoms with Crippen molar-refractivity contribution in [2.75, 3.05) is 25.3 Å². The first-order chi connectivity index (χ1) is 9.56. The molecule has 0 aromatic heterocycles. The highest BCUT2D eigenvalue weighted by molar-refractivity contribution is 9.11. The van der Waals surface area contributed by atoms with Crippen molar-refractivity contribution in [2.45, 2.75) is 0 Å². The van der Waals surface area contributed by atoms with Gasteiger partial charge in [-0.2, -0.15) is 0 Å². The number of nitrogen functional groups attached to an aromatic ring is 1. The summed E-state index contributed by atoms with van der Waals surface area (Å²) in [6.45, 7) is 0. The fourth-order valence-electron chi connectivity index (χ4n) is 1.75. The lowest BCUT2D eigenvalue weighted by atomic mass is 10.2. The van der Waals surface area contributed by atoms with E-state index in [0.717, 1.165) is 20.3 Å². The molecule has 0 unspecified atom stereocenters. The lowest BCUT2D eigenvalue weighted by molar-refractivity contribution is 0.355. The Hall–Kier alpha value is -1.40. The summed E-state index contributed by atoms with van der Waals surface area (Å²) in [5, 5.41) is 3.28. The summed E-state index contributed by atoms with van der Waals surface area (Å²) in [5.41, 5.74) is 8.25. The molecule has 4 nitrogen and oxygen atoms in total. The lowest BCUT2D eigenvalue weighted by Crippen LogP contribution is -2.00. The Balaban J connectivity index is 2.44. The molecule has 2 rings (SSSR count). The van der Waals surface area contributed by atoms with Crippen LogP contribution in [0.4, 0.5) is 17.1 Å². The average Bonchev–Trinajstić information content (AvgIpc) is 2.44. The smallest absolute Gasteiger partial charge is 0.162 e. The molecule has 0 aliphatic rings. The van der Waals surface area contributed by atoms with Gasteiger partial charge in [0.05, 0.1) is 31.3 Å². The summed E-state index contributed by atoms with van der Waals surface area (Å²) in [6.07, 6.45) is 0. The summed E-state index contributed by atoms with van der Waals surface area (Å²) < 4.78 is 12.4. The van der Waals surface area contributed by atoms with E-state index in [-0.39, 0.29) is 0 Å². The zero-order chi connectivity index (χ0) is 14.7. The Bertz CT molecular complexity index is 613. The normalized spacial score (nSPS) is 10.2. The van der Waals surface area contributed by atoms with Crippen LogP contribution in [-0.4, -0.2) is 14.2 Å². The molecule has 106 valence electrons. The molecule has 0 spiro atoms. The standard InChI is InChI=1S/C14H14Br2N2O2/c1-19-12-6-10(17)11(7-13(12)20-2)18-14-8(15)4-3-5-9(14)16/h3-7,18H,17H2,1-2H3. The summed E-state index contributed by atoms with van der Waals surface area (Å²) in [5.74, 6) is 1.22. The molecule has 0 bridgehead atoms. The maximum atomic E-state index is 6.04. The highest BCUT2D eigenvalue weighted by Crippen LogP contribution is 2.39. The van der Waals surface area contributed by atoms with Gasteiger partial charge in [0.15, 0.2) is 11.5 Å². The van der Waals surface area contributed by atoms with Crippen LogP contribution in [-0.2, 0) is 0 Å². The maximum absolute atomic E-state index is 6.04. The average molecular weight is 402 g/mol. The molecule has 0 fully saturated rings. The number of hydrogen-bond acceptors (Lipinski definition) is 4. The molecule has 0 amide bonds. The van der Waals surface area contributed by atoms with Crippen LogP contribution in [0.15, 0.2) is 39.3 Å². The first-order valence-corrected chi connectivity index (χ1v) is 7.38. The number of anilines is 3. The van der Waals surface area contributed by atoms with Gasteiger partial charge in [-0.25, -0.2) is 0 Å². The number of nitrogens with two attached hydrogens (primary N) is 1. The number of halogens is 2. The third-order valence-electron chi connectivity index (χ3n) is 2.78. The first kappa shape index (κ1) is 15.0. The highest BCUT2D eigenvalue weighted by Gasteiger charge is 2.11. The Morgan fingerprint density at radius 1 is 1.00 bits per heavy atom. The minimum absolute atomic E-state index is 0.574. The van der Waals surface area contributed by atoms with Crippen LogP contribution in [0.1, 0.15) is 0 Å². The molecule has 0 saturated carbocycles. The van der Waals surface area contributed by atoms with Gasteiger partial charge in [-0.05, 0) is 44.0 Å². The van der Waals surface area contributed by atoms with Crippen LogP contribution in [0.3, 0.4) is 0 Å². The fourth-order valence-corrected chi connectivity index (χ4v) is 2.95. The van der Waals surface area contributed by atoms with E-state index in [0.29, 0.717) is 17.2 Å². The summed E-state index contributed by atoms with van der Waals surface area (Å²) in [7, 11) is 3.17. The van der Waals surface area contributed by atoms with Gasteiger partial charge in [-0.3, -0.25) is 0 Å². The minimum Gasteiger partial charge on any atom is -0.493 e. The summed E-state index contributed by atoms with van der Waals surface area (Å²) in [6, 6.07) is 9.37. The van der Waals surface area contributed by atoms with E-state index in [9.17, 15) is 0 Å². The molecule has 0 radical (unpaired) electrons. The zero-order valence-electron chi connectivity index (χ0n) is 11.0. The number of rotatable bonds is 4. The minimum atomic E-state index is 0.574. The van der Waals surface area contributed by atoms with Crippen molar-refractivity contribution in [1.82, 2.24) is 0 Å². The number of methoxy groups -OCH3 is 2. The topological polar surface area (TPSA) is 56.5 Å². The molecule has 2 aromatic rings. The quantitative estimate of drug-likeness (QED) is 0.737. The van der Waals surface area contributed by atoms with E-state index >= 15 is 0 Å². The van der Waals surface area contributed by atoms with E-state index in [1.54, 1.807) is 26.4 Å². The molecule has 0 atom stereocenters. The van der Waals surface area contributed by atoms with Gasteiger partial charge in [0.1, 0.15) is 0 Å². The van der Waals surface area contributed by atoms with Crippen LogP contribution < -0.4 is 20.5 Å². The molecule has 20 heavy (non-hydrogen) atoms. The Labute approximate surface area is 134 Å². The number of hydrogen-bond donors (Lipinski definition) is 2. The van der Waals surface area contributed by atoms with Gasteiger partial charge in [-0.1, -0.05) is 6.07 Å². The Morgan fingerprint density at radius 2 is 1.55 bits per heavy atom. The molecule has 6 heteroatoms. The molecule has 0 aliphatic carbocycles. The maximum Gasteiger partial charge on any atom is 0.162 e. The Kier molecular flexibility index (Phi) is 4.77. The van der Waals surface area contributed by atoms with Gasteiger partial charge in [0.25, 0.3) is 0 Å². The van der Waals surface area contributed by atoms with Crippen LogP contribution in [0.5, 0.6) is 11.5 Å². The molecular formula is C14H14Br2N2O2. The molecule has 3 N–H and O–H groups in total. The Morgan fingerprint density at radius 3 is 2.10 bits per heavy atom. The van der Waals surface area contributed by atoms with Crippen molar-refractivity contribution < 1.29 is 9.47 Å². The van der Waals surface area contributed by atoms with Gasteiger partial charge in [0.2, 0.25) is 0 Å². The van der Waals surface area contributed by atoms with Crippen LogP contribution in [0.2, 0.25) is 0 Å². The van der Waals surface area contributed by atoms with Crippen LogP contribution >= 0.6 is 31.9 Å².